The molecule has 0 spiro atoms. The highest BCUT2D eigenvalue weighted by Crippen LogP contribution is 2.12. The van der Waals surface area contributed by atoms with E-state index >= 15 is 0 Å². The second kappa shape index (κ2) is 5.87. The number of piperazine rings is 1. The average Bonchev–Trinajstić information content (AvgIpc) is 2.38. The Labute approximate surface area is 108 Å². The lowest BCUT2D eigenvalue weighted by molar-refractivity contribution is -0.136. The number of carbonyl (C=O) groups excluding carboxylic acids is 1. The van der Waals surface area contributed by atoms with Gasteiger partial charge in [-0.05, 0) is 26.0 Å². The molecular weight excluding hydrogens is 228 g/mol. The normalized spacial score (nSPS) is 19.7. The molecule has 1 aromatic rings. The molecule has 0 radical (unpaired) electrons. The third-order valence-electron chi connectivity index (χ3n) is 3.20. The number of nitrogens with zero attached hydrogens (tertiary/aromatic N) is 1. The standard InChI is InChI=1S/C14H20N2O2/c1-11-3-5-13(6-4-11)18-10-14(17)16-8-7-15-9-12(16)2/h3-6,12,15H,7-10H2,1-2H3/t12-/m0/s1. The van der Waals surface area contributed by atoms with Crippen LogP contribution in [0.2, 0.25) is 0 Å². The van der Waals surface area contributed by atoms with Gasteiger partial charge >= 0.3 is 0 Å². The summed E-state index contributed by atoms with van der Waals surface area (Å²) in [7, 11) is 0. The number of hydrogen-bond donors (Lipinski definition) is 1. The Kier molecular flexibility index (Phi) is 4.20. The van der Waals surface area contributed by atoms with Crippen LogP contribution in [0.4, 0.5) is 0 Å². The van der Waals surface area contributed by atoms with Gasteiger partial charge in [-0.3, -0.25) is 4.79 Å². The van der Waals surface area contributed by atoms with Crippen LogP contribution in [0.5, 0.6) is 5.75 Å². The number of rotatable bonds is 3. The molecule has 1 amide bonds. The van der Waals surface area contributed by atoms with E-state index in [2.05, 4.69) is 12.2 Å². The zero-order valence-corrected chi connectivity index (χ0v) is 11.0. The van der Waals surface area contributed by atoms with Crippen LogP contribution in [-0.4, -0.2) is 43.1 Å². The Bertz CT molecular complexity index is 403. The van der Waals surface area contributed by atoms with Crippen molar-refractivity contribution in [1.29, 1.82) is 0 Å². The fraction of sp³-hybridized carbons (Fsp3) is 0.500. The summed E-state index contributed by atoms with van der Waals surface area (Å²) >= 11 is 0. The largest absolute Gasteiger partial charge is 0.484 e. The van der Waals surface area contributed by atoms with Gasteiger partial charge in [0.05, 0.1) is 0 Å². The summed E-state index contributed by atoms with van der Waals surface area (Å²) in [5.74, 6) is 0.807. The first-order valence-electron chi connectivity index (χ1n) is 6.36. The summed E-state index contributed by atoms with van der Waals surface area (Å²) in [5.41, 5.74) is 1.18. The minimum absolute atomic E-state index is 0.0598. The van der Waals surface area contributed by atoms with Crippen molar-refractivity contribution in [2.24, 2.45) is 0 Å². The topological polar surface area (TPSA) is 41.6 Å². The van der Waals surface area contributed by atoms with Crippen LogP contribution >= 0.6 is 0 Å². The van der Waals surface area contributed by atoms with Crippen molar-refractivity contribution in [2.45, 2.75) is 19.9 Å². The summed E-state index contributed by atoms with van der Waals surface area (Å²) in [6.07, 6.45) is 0. The van der Waals surface area contributed by atoms with Gasteiger partial charge in [0.25, 0.3) is 5.91 Å². The van der Waals surface area contributed by atoms with Crippen LogP contribution in [0.3, 0.4) is 0 Å². The first kappa shape index (κ1) is 12.9. The van der Waals surface area contributed by atoms with Crippen LogP contribution in [0.1, 0.15) is 12.5 Å². The predicted molar refractivity (Wildman–Crippen MR) is 70.7 cm³/mol. The highest BCUT2D eigenvalue weighted by atomic mass is 16.5. The summed E-state index contributed by atoms with van der Waals surface area (Å²) in [5, 5.41) is 3.26. The lowest BCUT2D eigenvalue weighted by Gasteiger charge is -2.33. The number of ether oxygens (including phenoxy) is 1. The van der Waals surface area contributed by atoms with E-state index < -0.39 is 0 Å². The number of aryl methyl sites for hydroxylation is 1. The van der Waals surface area contributed by atoms with Gasteiger partial charge in [-0.2, -0.15) is 0 Å². The maximum Gasteiger partial charge on any atom is 0.260 e. The maximum atomic E-state index is 12.0. The Morgan fingerprint density at radius 1 is 1.44 bits per heavy atom. The summed E-state index contributed by atoms with van der Waals surface area (Å²) < 4.78 is 5.51. The van der Waals surface area contributed by atoms with Gasteiger partial charge < -0.3 is 15.0 Å². The lowest BCUT2D eigenvalue weighted by Crippen LogP contribution is -2.53. The Morgan fingerprint density at radius 3 is 2.83 bits per heavy atom. The Hall–Kier alpha value is -1.55. The Balaban J connectivity index is 1.85. The van der Waals surface area contributed by atoms with Crippen molar-refractivity contribution < 1.29 is 9.53 Å². The third kappa shape index (κ3) is 3.23. The summed E-state index contributed by atoms with van der Waals surface area (Å²) in [6, 6.07) is 7.99. The lowest BCUT2D eigenvalue weighted by atomic mass is 10.2. The van der Waals surface area contributed by atoms with Gasteiger partial charge in [0.2, 0.25) is 0 Å². The minimum Gasteiger partial charge on any atom is -0.484 e. The quantitative estimate of drug-likeness (QED) is 0.873. The second-order valence-electron chi connectivity index (χ2n) is 4.74. The number of amides is 1. The van der Waals surface area contributed by atoms with Gasteiger partial charge in [-0.15, -0.1) is 0 Å². The van der Waals surface area contributed by atoms with E-state index in [4.69, 9.17) is 4.74 Å². The summed E-state index contributed by atoms with van der Waals surface area (Å²) in [6.45, 7) is 6.68. The molecule has 98 valence electrons. The first-order valence-corrected chi connectivity index (χ1v) is 6.36. The van der Waals surface area contributed by atoms with Crippen molar-refractivity contribution in [3.05, 3.63) is 29.8 Å². The van der Waals surface area contributed by atoms with E-state index in [0.29, 0.717) is 0 Å². The molecular formula is C14H20N2O2. The van der Waals surface area contributed by atoms with Crippen molar-refractivity contribution in [3.8, 4) is 5.75 Å². The monoisotopic (exact) mass is 248 g/mol. The molecule has 0 unspecified atom stereocenters. The molecule has 18 heavy (non-hydrogen) atoms. The molecule has 0 aromatic heterocycles. The predicted octanol–water partition coefficient (Wildman–Crippen LogP) is 1.19. The fourth-order valence-corrected chi connectivity index (χ4v) is 2.07. The maximum absolute atomic E-state index is 12.0. The van der Waals surface area contributed by atoms with Gasteiger partial charge in [-0.1, -0.05) is 17.7 Å². The first-order chi connectivity index (χ1) is 8.66. The molecule has 1 aromatic carbocycles. The molecule has 4 nitrogen and oxygen atoms in total. The molecule has 1 saturated heterocycles. The molecule has 1 aliphatic heterocycles. The minimum atomic E-state index is 0.0598. The van der Waals surface area contributed by atoms with Crippen molar-refractivity contribution >= 4 is 5.91 Å². The summed E-state index contributed by atoms with van der Waals surface area (Å²) in [4.78, 5) is 13.9. The zero-order valence-electron chi connectivity index (χ0n) is 11.0. The molecule has 0 aliphatic carbocycles. The molecule has 0 saturated carbocycles. The molecule has 1 aliphatic rings. The van der Waals surface area contributed by atoms with Crippen molar-refractivity contribution in [3.63, 3.8) is 0 Å². The fourth-order valence-electron chi connectivity index (χ4n) is 2.07. The van der Waals surface area contributed by atoms with Crippen LogP contribution in [0, 0.1) is 6.92 Å². The number of carbonyl (C=O) groups is 1. The second-order valence-corrected chi connectivity index (χ2v) is 4.74. The van der Waals surface area contributed by atoms with Gasteiger partial charge in [0.1, 0.15) is 5.75 Å². The molecule has 1 atom stereocenters. The number of hydrogen-bond acceptors (Lipinski definition) is 3. The molecule has 0 bridgehead atoms. The molecule has 1 fully saturated rings. The number of nitrogens with one attached hydrogen (secondary N) is 1. The van der Waals surface area contributed by atoms with Crippen LogP contribution in [0.15, 0.2) is 24.3 Å². The van der Waals surface area contributed by atoms with E-state index in [-0.39, 0.29) is 18.6 Å². The number of benzene rings is 1. The van der Waals surface area contributed by atoms with E-state index in [9.17, 15) is 4.79 Å². The van der Waals surface area contributed by atoms with Gasteiger partial charge in [0.15, 0.2) is 6.61 Å². The zero-order chi connectivity index (χ0) is 13.0. The van der Waals surface area contributed by atoms with Gasteiger partial charge in [-0.25, -0.2) is 0 Å². The molecule has 1 heterocycles. The van der Waals surface area contributed by atoms with Crippen molar-refractivity contribution in [1.82, 2.24) is 10.2 Å². The van der Waals surface area contributed by atoms with E-state index in [0.717, 1.165) is 25.4 Å². The molecule has 4 heteroatoms. The highest BCUT2D eigenvalue weighted by Gasteiger charge is 2.22. The van der Waals surface area contributed by atoms with Crippen LogP contribution in [-0.2, 0) is 4.79 Å². The Morgan fingerprint density at radius 2 is 2.17 bits per heavy atom. The average molecular weight is 248 g/mol. The van der Waals surface area contributed by atoms with Crippen LogP contribution < -0.4 is 10.1 Å². The SMILES string of the molecule is Cc1ccc(OCC(=O)N2CCNC[C@@H]2C)cc1. The molecule has 2 rings (SSSR count). The van der Waals surface area contributed by atoms with E-state index in [1.54, 1.807) is 0 Å². The van der Waals surface area contributed by atoms with Crippen LogP contribution in [0.25, 0.3) is 0 Å². The highest BCUT2D eigenvalue weighted by molar-refractivity contribution is 5.78. The third-order valence-corrected chi connectivity index (χ3v) is 3.20. The van der Waals surface area contributed by atoms with Gasteiger partial charge in [0, 0.05) is 25.7 Å². The van der Waals surface area contributed by atoms with Crippen molar-refractivity contribution in [2.75, 3.05) is 26.2 Å². The van der Waals surface area contributed by atoms with E-state index in [1.165, 1.54) is 5.56 Å². The smallest absolute Gasteiger partial charge is 0.260 e. The van der Waals surface area contributed by atoms with E-state index in [1.807, 2.05) is 36.1 Å². The molecule has 1 N–H and O–H groups in total.